The monoisotopic (exact) mass is 336 g/mol. The lowest BCUT2D eigenvalue weighted by Gasteiger charge is -2.08. The number of benzene rings is 2. The van der Waals surface area contributed by atoms with Gasteiger partial charge in [0.1, 0.15) is 4.90 Å². The highest BCUT2D eigenvalue weighted by Crippen LogP contribution is 2.30. The molecule has 0 fully saturated rings. The van der Waals surface area contributed by atoms with Gasteiger partial charge in [0.05, 0.1) is 5.02 Å². The van der Waals surface area contributed by atoms with E-state index < -0.39 is 10.1 Å². The lowest BCUT2D eigenvalue weighted by molar-refractivity contribution is 0.486. The first-order valence-corrected chi connectivity index (χ1v) is 7.58. The molecule has 0 aromatic heterocycles. The van der Waals surface area contributed by atoms with E-state index in [4.69, 9.17) is 39.0 Å². The highest BCUT2D eigenvalue weighted by atomic mass is 35.5. The Balaban J connectivity index is 2.33. The van der Waals surface area contributed by atoms with Crippen LogP contribution in [0.15, 0.2) is 47.4 Å². The third kappa shape index (κ3) is 3.54. The molecule has 3 nitrogen and oxygen atoms in total. The second-order valence-corrected chi connectivity index (χ2v) is 6.39. The summed E-state index contributed by atoms with van der Waals surface area (Å²) in [5.74, 6) is 0.0148. The SMILES string of the molecule is O=S(=O)(Oc1ccc(Cl)cc1Cl)c1ccc(Cl)cc1. The fourth-order valence-electron chi connectivity index (χ4n) is 1.31. The molecule has 0 aliphatic heterocycles. The average Bonchev–Trinajstić information content (AvgIpc) is 2.33. The quantitative estimate of drug-likeness (QED) is 0.779. The number of hydrogen-bond acceptors (Lipinski definition) is 3. The van der Waals surface area contributed by atoms with E-state index in [2.05, 4.69) is 0 Å². The van der Waals surface area contributed by atoms with Gasteiger partial charge in [0, 0.05) is 10.0 Å². The Hall–Kier alpha value is -0.940. The molecule has 0 N–H and O–H groups in total. The zero-order valence-electron chi connectivity index (χ0n) is 9.31. The van der Waals surface area contributed by atoms with E-state index in [-0.39, 0.29) is 15.7 Å². The maximum Gasteiger partial charge on any atom is 0.339 e. The van der Waals surface area contributed by atoms with E-state index in [1.807, 2.05) is 0 Å². The van der Waals surface area contributed by atoms with Crippen molar-refractivity contribution >= 4 is 44.9 Å². The van der Waals surface area contributed by atoms with E-state index in [0.717, 1.165) is 0 Å². The molecule has 0 radical (unpaired) electrons. The summed E-state index contributed by atoms with van der Waals surface area (Å²) in [7, 11) is -3.95. The van der Waals surface area contributed by atoms with Crippen LogP contribution < -0.4 is 4.18 Å². The number of rotatable bonds is 3. The summed E-state index contributed by atoms with van der Waals surface area (Å²) in [6.07, 6.45) is 0. The number of hydrogen-bond donors (Lipinski definition) is 0. The Labute approximate surface area is 125 Å². The highest BCUT2D eigenvalue weighted by molar-refractivity contribution is 7.87. The minimum Gasteiger partial charge on any atom is -0.377 e. The summed E-state index contributed by atoms with van der Waals surface area (Å²) in [5, 5.41) is 0.940. The zero-order chi connectivity index (χ0) is 14.0. The molecule has 0 unspecified atom stereocenters. The maximum atomic E-state index is 12.0. The average molecular weight is 338 g/mol. The van der Waals surface area contributed by atoms with E-state index in [1.54, 1.807) is 0 Å². The summed E-state index contributed by atoms with van der Waals surface area (Å²) in [6.45, 7) is 0. The van der Waals surface area contributed by atoms with Crippen LogP contribution in [0.25, 0.3) is 0 Å². The van der Waals surface area contributed by atoms with Crippen molar-refractivity contribution in [2.24, 2.45) is 0 Å². The molecule has 0 heterocycles. The van der Waals surface area contributed by atoms with Crippen LogP contribution in [0, 0.1) is 0 Å². The van der Waals surface area contributed by atoms with Gasteiger partial charge in [-0.3, -0.25) is 0 Å². The topological polar surface area (TPSA) is 43.4 Å². The first kappa shape index (κ1) is 14.5. The molecule has 0 atom stereocenters. The molecule has 2 aromatic rings. The molecule has 0 aliphatic rings. The van der Waals surface area contributed by atoms with Crippen molar-refractivity contribution in [3.63, 3.8) is 0 Å². The van der Waals surface area contributed by atoms with E-state index in [0.29, 0.717) is 10.0 Å². The van der Waals surface area contributed by atoms with Crippen LogP contribution >= 0.6 is 34.8 Å². The standard InChI is InChI=1S/C12H7Cl3O3S/c13-8-1-4-10(5-2-8)19(16,17)18-12-6-3-9(14)7-11(12)15/h1-7H. The lowest BCUT2D eigenvalue weighted by Crippen LogP contribution is -2.09. The predicted molar refractivity (Wildman–Crippen MR) is 75.7 cm³/mol. The molecular formula is C12H7Cl3O3S. The van der Waals surface area contributed by atoms with E-state index in [9.17, 15) is 8.42 Å². The van der Waals surface area contributed by atoms with Crippen molar-refractivity contribution in [3.8, 4) is 5.75 Å². The summed E-state index contributed by atoms with van der Waals surface area (Å²) >= 11 is 17.3. The molecule has 2 aromatic carbocycles. The lowest BCUT2D eigenvalue weighted by atomic mass is 10.3. The Bertz CT molecular complexity index is 697. The van der Waals surface area contributed by atoms with Gasteiger partial charge in [-0.1, -0.05) is 34.8 Å². The largest absolute Gasteiger partial charge is 0.377 e. The van der Waals surface area contributed by atoms with Crippen molar-refractivity contribution in [2.45, 2.75) is 4.90 Å². The van der Waals surface area contributed by atoms with Gasteiger partial charge in [-0.25, -0.2) is 0 Å². The van der Waals surface area contributed by atoms with Gasteiger partial charge in [0.25, 0.3) is 0 Å². The molecule has 100 valence electrons. The summed E-state index contributed by atoms with van der Waals surface area (Å²) in [5.41, 5.74) is 0. The van der Waals surface area contributed by atoms with Crippen LogP contribution in [0.4, 0.5) is 0 Å². The normalized spacial score (nSPS) is 11.3. The summed E-state index contributed by atoms with van der Waals surface area (Å²) in [6, 6.07) is 9.89. The maximum absolute atomic E-state index is 12.0. The molecule has 0 saturated carbocycles. The predicted octanol–water partition coefficient (Wildman–Crippen LogP) is 4.41. The van der Waals surface area contributed by atoms with E-state index >= 15 is 0 Å². The first-order chi connectivity index (χ1) is 8.88. The van der Waals surface area contributed by atoms with Crippen LogP contribution in [-0.2, 0) is 10.1 Å². The Morgan fingerprint density at radius 1 is 0.842 bits per heavy atom. The Morgan fingerprint density at radius 3 is 2.00 bits per heavy atom. The van der Waals surface area contributed by atoms with Crippen LogP contribution in [-0.4, -0.2) is 8.42 Å². The fraction of sp³-hybridized carbons (Fsp3) is 0. The summed E-state index contributed by atoms with van der Waals surface area (Å²) in [4.78, 5) is -0.0112. The van der Waals surface area contributed by atoms with Gasteiger partial charge >= 0.3 is 10.1 Å². The van der Waals surface area contributed by atoms with Gasteiger partial charge in [-0.2, -0.15) is 8.42 Å². The van der Waals surface area contributed by atoms with Crippen molar-refractivity contribution in [1.29, 1.82) is 0 Å². The number of halogens is 3. The van der Waals surface area contributed by atoms with Crippen LogP contribution in [0.5, 0.6) is 5.75 Å². The molecule has 19 heavy (non-hydrogen) atoms. The van der Waals surface area contributed by atoms with Gasteiger partial charge in [0.2, 0.25) is 0 Å². The highest BCUT2D eigenvalue weighted by Gasteiger charge is 2.18. The fourth-order valence-corrected chi connectivity index (χ4v) is 2.88. The zero-order valence-corrected chi connectivity index (χ0v) is 12.4. The van der Waals surface area contributed by atoms with Gasteiger partial charge < -0.3 is 4.18 Å². The van der Waals surface area contributed by atoms with Gasteiger partial charge in [-0.15, -0.1) is 0 Å². The Kier molecular flexibility index (Phi) is 4.26. The van der Waals surface area contributed by atoms with Crippen LogP contribution in [0.1, 0.15) is 0 Å². The van der Waals surface area contributed by atoms with Crippen molar-refractivity contribution in [2.75, 3.05) is 0 Å². The minimum atomic E-state index is -3.95. The van der Waals surface area contributed by atoms with Crippen molar-refractivity contribution < 1.29 is 12.6 Å². The molecule has 0 bridgehead atoms. The van der Waals surface area contributed by atoms with Gasteiger partial charge in [0.15, 0.2) is 5.75 Å². The van der Waals surface area contributed by atoms with E-state index in [1.165, 1.54) is 42.5 Å². The van der Waals surface area contributed by atoms with Gasteiger partial charge in [-0.05, 0) is 42.5 Å². The first-order valence-electron chi connectivity index (χ1n) is 5.03. The third-order valence-electron chi connectivity index (χ3n) is 2.20. The molecule has 0 spiro atoms. The summed E-state index contributed by atoms with van der Waals surface area (Å²) < 4.78 is 28.9. The molecule has 7 heteroatoms. The van der Waals surface area contributed by atoms with Crippen LogP contribution in [0.3, 0.4) is 0 Å². The second kappa shape index (κ2) is 5.59. The minimum absolute atomic E-state index is 0.0112. The molecule has 2 rings (SSSR count). The molecule has 0 amide bonds. The van der Waals surface area contributed by atoms with Crippen LogP contribution in [0.2, 0.25) is 15.1 Å². The molecule has 0 aliphatic carbocycles. The Morgan fingerprint density at radius 2 is 1.42 bits per heavy atom. The second-order valence-electron chi connectivity index (χ2n) is 3.57. The van der Waals surface area contributed by atoms with Crippen molar-refractivity contribution in [3.05, 3.63) is 57.5 Å². The smallest absolute Gasteiger partial charge is 0.339 e. The molecular weight excluding hydrogens is 331 g/mol. The third-order valence-corrected chi connectivity index (χ3v) is 4.23. The van der Waals surface area contributed by atoms with Crippen molar-refractivity contribution in [1.82, 2.24) is 0 Å². The molecule has 0 saturated heterocycles.